The molecule has 11 nitrogen and oxygen atoms in total. The van der Waals surface area contributed by atoms with Crippen LogP contribution in [0.1, 0.15) is 31.2 Å². The maximum absolute atomic E-state index is 14.9. The molecule has 3 aromatic rings. The van der Waals surface area contributed by atoms with Crippen LogP contribution >= 0.6 is 0 Å². The minimum atomic E-state index is -5.08. The molecule has 0 radical (unpaired) electrons. The van der Waals surface area contributed by atoms with Crippen LogP contribution < -0.4 is 11.1 Å². The van der Waals surface area contributed by atoms with Gasteiger partial charge >= 0.3 is 24.3 Å². The number of alkyl halides is 6. The Morgan fingerprint density at radius 1 is 0.896 bits per heavy atom. The van der Waals surface area contributed by atoms with Gasteiger partial charge in [-0.05, 0) is 62.3 Å². The topological polar surface area (TPSA) is 190 Å². The van der Waals surface area contributed by atoms with Gasteiger partial charge in [0.1, 0.15) is 29.0 Å². The number of pyridine rings is 1. The zero-order chi connectivity index (χ0) is 36.2. The van der Waals surface area contributed by atoms with E-state index in [4.69, 9.17) is 25.5 Å². The van der Waals surface area contributed by atoms with Gasteiger partial charge in [-0.2, -0.15) is 31.6 Å². The van der Waals surface area contributed by atoms with E-state index in [0.29, 0.717) is 29.9 Å². The second-order valence-electron chi connectivity index (χ2n) is 9.95. The van der Waals surface area contributed by atoms with E-state index < -0.39 is 30.1 Å². The molecule has 6 N–H and O–H groups in total. The number of nitrogen functional groups attached to an aromatic ring is 1. The number of aromatic hydroxyl groups is 1. The van der Waals surface area contributed by atoms with Crippen LogP contribution in [0.4, 0.5) is 42.2 Å². The maximum Gasteiger partial charge on any atom is 0.490 e. The van der Waals surface area contributed by atoms with Crippen molar-refractivity contribution < 1.29 is 60.4 Å². The van der Waals surface area contributed by atoms with Crippen LogP contribution in [-0.2, 0) is 14.4 Å². The number of amides is 1. The third-order valence-electron chi connectivity index (χ3n) is 6.47. The summed E-state index contributed by atoms with van der Waals surface area (Å²) in [7, 11) is 0. The standard InChI is InChI=1S/C26H26FN5O2.2C2HF3O2/c27-22-9-8-17(30-25(34)10-13-32-11-4-1-5-12-32)14-20(22)19-15-23(31-26(29)21(19)16-28)18-6-2-3-7-24(18)33;2*3-2(4,5)1(6)7/h2-3,6-9,14-15,33H,1,4-5,10-13H2,(H2,29,31)(H,30,34);2*(H,6,7). The number of anilines is 2. The van der Waals surface area contributed by atoms with E-state index >= 15 is 0 Å². The number of rotatable bonds is 6. The number of nitrogens with two attached hydrogens (primary N) is 1. The zero-order valence-corrected chi connectivity index (χ0v) is 24.7. The lowest BCUT2D eigenvalue weighted by atomic mass is 9.97. The summed E-state index contributed by atoms with van der Waals surface area (Å²) in [6.07, 6.45) is -6.28. The second kappa shape index (κ2) is 16.9. The number of hydrogen-bond donors (Lipinski definition) is 5. The molecule has 0 atom stereocenters. The number of carbonyl (C=O) groups excluding carboxylic acids is 1. The Kier molecular flexibility index (Phi) is 13.7. The lowest BCUT2D eigenvalue weighted by Crippen LogP contribution is -2.32. The van der Waals surface area contributed by atoms with Crippen molar-refractivity contribution in [3.8, 4) is 34.2 Å². The van der Waals surface area contributed by atoms with Gasteiger partial charge in [-0.25, -0.2) is 19.0 Å². The van der Waals surface area contributed by atoms with E-state index in [9.17, 15) is 45.9 Å². The third-order valence-corrected chi connectivity index (χ3v) is 6.47. The number of nitriles is 1. The average molecular weight is 688 g/mol. The minimum absolute atomic E-state index is 0.0137. The molecule has 1 amide bonds. The molecule has 2 aromatic carbocycles. The Hall–Kier alpha value is -5.44. The zero-order valence-electron chi connectivity index (χ0n) is 24.7. The molecule has 1 aromatic heterocycles. The molecule has 1 aliphatic heterocycles. The number of carboxylic acid groups (broad SMARTS) is 2. The van der Waals surface area contributed by atoms with Crippen molar-refractivity contribution in [2.24, 2.45) is 0 Å². The van der Waals surface area contributed by atoms with Crippen LogP contribution in [0.15, 0.2) is 48.5 Å². The van der Waals surface area contributed by atoms with E-state index in [0.717, 1.165) is 25.9 Å². The molecule has 258 valence electrons. The molecule has 0 saturated carbocycles. The largest absolute Gasteiger partial charge is 0.507 e. The molecule has 0 spiro atoms. The highest BCUT2D eigenvalue weighted by Gasteiger charge is 2.38. The van der Waals surface area contributed by atoms with Gasteiger partial charge in [0.25, 0.3) is 0 Å². The first kappa shape index (κ1) is 38.7. The number of phenols is 1. The number of phenolic OH excluding ortho intramolecular Hbond substituents is 1. The highest BCUT2D eigenvalue weighted by atomic mass is 19.4. The minimum Gasteiger partial charge on any atom is -0.507 e. The number of benzene rings is 2. The van der Waals surface area contributed by atoms with Crippen molar-refractivity contribution in [2.75, 3.05) is 30.7 Å². The van der Waals surface area contributed by atoms with E-state index in [1.807, 2.05) is 6.07 Å². The summed E-state index contributed by atoms with van der Waals surface area (Å²) in [5.74, 6) is -6.33. The Morgan fingerprint density at radius 2 is 1.46 bits per heavy atom. The molecular weight excluding hydrogens is 659 g/mol. The van der Waals surface area contributed by atoms with E-state index in [1.54, 1.807) is 18.2 Å². The number of aromatic nitrogens is 1. The first-order chi connectivity index (χ1) is 22.3. The number of carboxylic acids is 2. The molecule has 1 fully saturated rings. The first-order valence-corrected chi connectivity index (χ1v) is 13.8. The number of carbonyl (C=O) groups is 3. The lowest BCUT2D eigenvalue weighted by Gasteiger charge is -2.25. The highest BCUT2D eigenvalue weighted by molar-refractivity contribution is 5.92. The summed E-state index contributed by atoms with van der Waals surface area (Å²) in [6.45, 7) is 2.70. The van der Waals surface area contributed by atoms with Crippen molar-refractivity contribution in [2.45, 2.75) is 38.0 Å². The Bertz CT molecular complexity index is 1630. The number of aliphatic carboxylic acids is 2. The molecule has 2 heterocycles. The normalized spacial score (nSPS) is 13.1. The summed E-state index contributed by atoms with van der Waals surface area (Å²) >= 11 is 0. The summed E-state index contributed by atoms with van der Waals surface area (Å²) < 4.78 is 78.4. The van der Waals surface area contributed by atoms with Gasteiger partial charge in [-0.15, -0.1) is 0 Å². The van der Waals surface area contributed by atoms with E-state index in [2.05, 4.69) is 15.2 Å². The van der Waals surface area contributed by atoms with Crippen molar-refractivity contribution in [3.63, 3.8) is 0 Å². The summed E-state index contributed by atoms with van der Waals surface area (Å²) in [5, 5.41) is 36.9. The summed E-state index contributed by atoms with van der Waals surface area (Å²) in [5.41, 5.74) is 7.51. The van der Waals surface area contributed by atoms with Crippen molar-refractivity contribution in [1.29, 1.82) is 5.26 Å². The monoisotopic (exact) mass is 687 g/mol. The second-order valence-corrected chi connectivity index (χ2v) is 9.95. The Labute approximate surface area is 268 Å². The number of para-hydroxylation sites is 1. The van der Waals surface area contributed by atoms with Gasteiger partial charge in [0.05, 0.1) is 5.69 Å². The Balaban J connectivity index is 0.000000479. The molecule has 18 heteroatoms. The summed E-state index contributed by atoms with van der Waals surface area (Å²) in [6, 6.07) is 14.3. The van der Waals surface area contributed by atoms with Crippen LogP contribution in [0.5, 0.6) is 5.75 Å². The quantitative estimate of drug-likeness (QED) is 0.198. The molecule has 0 aliphatic carbocycles. The predicted molar refractivity (Wildman–Crippen MR) is 157 cm³/mol. The van der Waals surface area contributed by atoms with E-state index in [-0.39, 0.29) is 34.2 Å². The first-order valence-electron chi connectivity index (χ1n) is 13.8. The van der Waals surface area contributed by atoms with E-state index in [1.165, 1.54) is 36.8 Å². The Morgan fingerprint density at radius 3 is 1.98 bits per heavy atom. The van der Waals surface area contributed by atoms with Crippen LogP contribution in [0, 0.1) is 17.1 Å². The van der Waals surface area contributed by atoms with Gasteiger partial charge in [0.2, 0.25) is 5.91 Å². The van der Waals surface area contributed by atoms with Gasteiger partial charge in [-0.1, -0.05) is 18.6 Å². The highest BCUT2D eigenvalue weighted by Crippen LogP contribution is 2.36. The van der Waals surface area contributed by atoms with Crippen LogP contribution in [0.3, 0.4) is 0 Å². The molecule has 0 bridgehead atoms. The van der Waals surface area contributed by atoms with Crippen LogP contribution in [-0.4, -0.2) is 75.0 Å². The lowest BCUT2D eigenvalue weighted by molar-refractivity contribution is -0.193. The van der Waals surface area contributed by atoms with Gasteiger partial charge in [0.15, 0.2) is 0 Å². The summed E-state index contributed by atoms with van der Waals surface area (Å²) in [4.78, 5) is 36.8. The molecule has 1 aliphatic rings. The fraction of sp³-hybridized carbons (Fsp3) is 0.300. The number of halogens is 7. The molecule has 1 saturated heterocycles. The number of piperidine rings is 1. The predicted octanol–water partition coefficient (Wildman–Crippen LogP) is 5.80. The van der Waals surface area contributed by atoms with Crippen molar-refractivity contribution in [1.82, 2.24) is 9.88 Å². The van der Waals surface area contributed by atoms with Crippen molar-refractivity contribution >= 4 is 29.4 Å². The number of nitrogens with one attached hydrogen (secondary N) is 1. The number of nitrogens with zero attached hydrogens (tertiary/aromatic N) is 3. The fourth-order valence-corrected chi connectivity index (χ4v) is 4.20. The SMILES string of the molecule is N#Cc1c(-c2cc(NC(=O)CCN3CCCCC3)ccc2F)cc(-c2ccccc2O)nc1N.O=C(O)C(F)(F)F.O=C(O)C(F)(F)F. The molecule has 4 rings (SSSR count). The van der Waals surface area contributed by atoms with Gasteiger partial charge in [0, 0.05) is 35.3 Å². The third kappa shape index (κ3) is 11.7. The smallest absolute Gasteiger partial charge is 0.490 e. The molecular formula is C30H28F7N5O6. The van der Waals surface area contributed by atoms with Gasteiger partial charge in [-0.3, -0.25) is 4.79 Å². The number of likely N-dealkylation sites (tertiary alicyclic amines) is 1. The number of hydrogen-bond acceptors (Lipinski definition) is 8. The van der Waals surface area contributed by atoms with Crippen molar-refractivity contribution in [3.05, 3.63) is 59.9 Å². The fourth-order valence-electron chi connectivity index (χ4n) is 4.20. The van der Waals surface area contributed by atoms with Crippen LogP contribution in [0.2, 0.25) is 0 Å². The molecule has 0 unspecified atom stereocenters. The van der Waals surface area contributed by atoms with Crippen LogP contribution in [0.25, 0.3) is 22.4 Å². The maximum atomic E-state index is 14.9. The molecule has 48 heavy (non-hydrogen) atoms. The van der Waals surface area contributed by atoms with Gasteiger partial charge < -0.3 is 31.3 Å². The average Bonchev–Trinajstić information content (AvgIpc) is 3.01.